The fourth-order valence-corrected chi connectivity index (χ4v) is 1.97. The Morgan fingerprint density at radius 2 is 2.18 bits per heavy atom. The standard InChI is InChI=1S/C12H21N3O2/c1-15-7-5-12(10-13,6-8-15)14-11(16)4-3-9-17-2/h3-9H2,1-2H3,(H,14,16). The van der Waals surface area contributed by atoms with Crippen LogP contribution < -0.4 is 5.32 Å². The van der Waals surface area contributed by atoms with Crippen molar-refractivity contribution >= 4 is 5.91 Å². The third kappa shape index (κ3) is 4.33. The number of nitrogens with one attached hydrogen (secondary N) is 1. The van der Waals surface area contributed by atoms with E-state index in [0.717, 1.165) is 13.1 Å². The van der Waals surface area contributed by atoms with Gasteiger partial charge in [-0.3, -0.25) is 4.79 Å². The summed E-state index contributed by atoms with van der Waals surface area (Å²) in [6, 6.07) is 2.27. The molecule has 1 rings (SSSR count). The molecule has 17 heavy (non-hydrogen) atoms. The molecule has 5 nitrogen and oxygen atoms in total. The van der Waals surface area contributed by atoms with Gasteiger partial charge in [-0.15, -0.1) is 0 Å². The molecule has 5 heteroatoms. The number of carbonyl (C=O) groups excluding carboxylic acids is 1. The van der Waals surface area contributed by atoms with Gasteiger partial charge in [-0.05, 0) is 26.3 Å². The van der Waals surface area contributed by atoms with E-state index in [1.807, 2.05) is 7.05 Å². The van der Waals surface area contributed by atoms with E-state index in [1.165, 1.54) is 0 Å². The molecule has 1 aliphatic heterocycles. The molecule has 0 radical (unpaired) electrons. The first-order chi connectivity index (χ1) is 8.12. The number of nitriles is 1. The maximum absolute atomic E-state index is 11.7. The second-order valence-electron chi connectivity index (χ2n) is 4.64. The smallest absolute Gasteiger partial charge is 0.221 e. The highest BCUT2D eigenvalue weighted by Gasteiger charge is 2.34. The van der Waals surface area contributed by atoms with Crippen molar-refractivity contribution in [3.8, 4) is 6.07 Å². The Morgan fingerprint density at radius 3 is 2.71 bits per heavy atom. The highest BCUT2D eigenvalue weighted by molar-refractivity contribution is 5.77. The number of nitrogens with zero attached hydrogens (tertiary/aromatic N) is 2. The van der Waals surface area contributed by atoms with E-state index in [1.54, 1.807) is 7.11 Å². The molecule has 1 heterocycles. The van der Waals surface area contributed by atoms with Crippen molar-refractivity contribution in [1.29, 1.82) is 5.26 Å². The van der Waals surface area contributed by atoms with E-state index in [4.69, 9.17) is 4.74 Å². The van der Waals surface area contributed by atoms with Gasteiger partial charge >= 0.3 is 0 Å². The van der Waals surface area contributed by atoms with E-state index in [-0.39, 0.29) is 5.91 Å². The topological polar surface area (TPSA) is 65.4 Å². The number of ether oxygens (including phenoxy) is 1. The van der Waals surface area contributed by atoms with Crippen molar-refractivity contribution in [1.82, 2.24) is 10.2 Å². The molecule has 1 N–H and O–H groups in total. The molecule has 0 unspecified atom stereocenters. The normalized spacial score (nSPS) is 19.6. The molecule has 0 bridgehead atoms. The number of methoxy groups -OCH3 is 1. The summed E-state index contributed by atoms with van der Waals surface area (Å²) in [5.74, 6) is -0.0480. The molecule has 1 saturated heterocycles. The molecule has 0 aromatic heterocycles. The maximum Gasteiger partial charge on any atom is 0.221 e. The van der Waals surface area contributed by atoms with E-state index in [0.29, 0.717) is 32.3 Å². The van der Waals surface area contributed by atoms with Crippen LogP contribution in [0.3, 0.4) is 0 Å². The molecule has 0 atom stereocenters. The number of rotatable bonds is 5. The van der Waals surface area contributed by atoms with Crippen LogP contribution >= 0.6 is 0 Å². The van der Waals surface area contributed by atoms with Crippen LogP contribution in [0.5, 0.6) is 0 Å². The zero-order valence-corrected chi connectivity index (χ0v) is 10.7. The Morgan fingerprint density at radius 1 is 1.53 bits per heavy atom. The minimum Gasteiger partial charge on any atom is -0.385 e. The molecule has 0 aromatic rings. The van der Waals surface area contributed by atoms with E-state index in [2.05, 4.69) is 16.3 Å². The fraction of sp³-hybridized carbons (Fsp3) is 0.833. The summed E-state index contributed by atoms with van der Waals surface area (Å²) in [7, 11) is 3.65. The van der Waals surface area contributed by atoms with Crippen molar-refractivity contribution in [3.63, 3.8) is 0 Å². The van der Waals surface area contributed by atoms with Crippen LogP contribution in [-0.4, -0.2) is 50.2 Å². The minimum absolute atomic E-state index is 0.0480. The number of piperidine rings is 1. The van der Waals surface area contributed by atoms with Gasteiger partial charge in [-0.1, -0.05) is 0 Å². The summed E-state index contributed by atoms with van der Waals surface area (Å²) in [4.78, 5) is 13.9. The Balaban J connectivity index is 2.41. The van der Waals surface area contributed by atoms with Crippen LogP contribution in [0.15, 0.2) is 0 Å². The summed E-state index contributed by atoms with van der Waals surface area (Å²) in [6.45, 7) is 2.29. The van der Waals surface area contributed by atoms with Gasteiger partial charge in [0.05, 0.1) is 6.07 Å². The van der Waals surface area contributed by atoms with Crippen LogP contribution in [-0.2, 0) is 9.53 Å². The summed E-state index contributed by atoms with van der Waals surface area (Å²) < 4.78 is 4.90. The SMILES string of the molecule is COCCCC(=O)NC1(C#N)CCN(C)CC1. The van der Waals surface area contributed by atoms with Crippen molar-refractivity contribution < 1.29 is 9.53 Å². The number of hydrogen-bond acceptors (Lipinski definition) is 4. The predicted octanol–water partition coefficient (Wildman–Crippen LogP) is 0.517. The summed E-state index contributed by atoms with van der Waals surface area (Å²) in [5, 5.41) is 12.1. The summed E-state index contributed by atoms with van der Waals surface area (Å²) in [6.07, 6.45) is 2.53. The van der Waals surface area contributed by atoms with Crippen LogP contribution in [0.1, 0.15) is 25.7 Å². The van der Waals surface area contributed by atoms with Crippen LogP contribution in [0.4, 0.5) is 0 Å². The molecule has 1 amide bonds. The minimum atomic E-state index is -0.656. The van der Waals surface area contributed by atoms with Crippen molar-refractivity contribution in [2.24, 2.45) is 0 Å². The van der Waals surface area contributed by atoms with Gasteiger partial charge in [0.15, 0.2) is 0 Å². The number of likely N-dealkylation sites (tertiary alicyclic amines) is 1. The van der Waals surface area contributed by atoms with Crippen molar-refractivity contribution in [3.05, 3.63) is 0 Å². The third-order valence-corrected chi connectivity index (χ3v) is 3.19. The third-order valence-electron chi connectivity index (χ3n) is 3.19. The van der Waals surface area contributed by atoms with Crippen LogP contribution in [0.2, 0.25) is 0 Å². The quantitative estimate of drug-likeness (QED) is 0.710. The van der Waals surface area contributed by atoms with Gasteiger partial charge in [-0.25, -0.2) is 0 Å². The first-order valence-corrected chi connectivity index (χ1v) is 6.01. The first-order valence-electron chi connectivity index (χ1n) is 6.01. The van der Waals surface area contributed by atoms with E-state index >= 15 is 0 Å². The monoisotopic (exact) mass is 239 g/mol. The second-order valence-corrected chi connectivity index (χ2v) is 4.64. The zero-order chi connectivity index (χ0) is 12.7. The van der Waals surface area contributed by atoms with Crippen molar-refractivity contribution in [2.45, 2.75) is 31.2 Å². The molecule has 0 saturated carbocycles. The Labute approximate surface area is 103 Å². The van der Waals surface area contributed by atoms with E-state index in [9.17, 15) is 10.1 Å². The number of amides is 1. The van der Waals surface area contributed by atoms with Gasteiger partial charge in [0.2, 0.25) is 5.91 Å². The lowest BCUT2D eigenvalue weighted by atomic mass is 9.89. The van der Waals surface area contributed by atoms with Crippen molar-refractivity contribution in [2.75, 3.05) is 33.9 Å². The summed E-state index contributed by atoms with van der Waals surface area (Å²) in [5.41, 5.74) is -0.656. The molecular formula is C12H21N3O2. The Kier molecular flexibility index (Phi) is 5.39. The molecular weight excluding hydrogens is 218 g/mol. The number of carbonyl (C=O) groups is 1. The maximum atomic E-state index is 11.7. The fourth-order valence-electron chi connectivity index (χ4n) is 1.97. The van der Waals surface area contributed by atoms with Gasteiger partial charge in [0, 0.05) is 33.2 Å². The Bertz CT molecular complexity index is 291. The average molecular weight is 239 g/mol. The number of hydrogen-bond donors (Lipinski definition) is 1. The largest absolute Gasteiger partial charge is 0.385 e. The van der Waals surface area contributed by atoms with Gasteiger partial charge in [0.25, 0.3) is 0 Å². The molecule has 1 fully saturated rings. The van der Waals surface area contributed by atoms with E-state index < -0.39 is 5.54 Å². The van der Waals surface area contributed by atoms with Gasteiger partial charge < -0.3 is 15.0 Å². The lowest BCUT2D eigenvalue weighted by Crippen LogP contribution is -2.53. The van der Waals surface area contributed by atoms with Crippen LogP contribution in [0.25, 0.3) is 0 Å². The van der Waals surface area contributed by atoms with Crippen LogP contribution in [0, 0.1) is 11.3 Å². The highest BCUT2D eigenvalue weighted by atomic mass is 16.5. The highest BCUT2D eigenvalue weighted by Crippen LogP contribution is 2.20. The summed E-state index contributed by atoms with van der Waals surface area (Å²) >= 11 is 0. The Hall–Kier alpha value is -1.12. The molecule has 0 spiro atoms. The molecule has 0 aliphatic carbocycles. The van der Waals surface area contributed by atoms with Gasteiger partial charge in [-0.2, -0.15) is 5.26 Å². The lowest BCUT2D eigenvalue weighted by Gasteiger charge is -2.36. The predicted molar refractivity (Wildman–Crippen MR) is 64.3 cm³/mol. The molecule has 0 aromatic carbocycles. The molecule has 1 aliphatic rings. The first kappa shape index (κ1) is 13.9. The molecule has 96 valence electrons. The second kappa shape index (κ2) is 6.58. The lowest BCUT2D eigenvalue weighted by molar-refractivity contribution is -0.123. The average Bonchev–Trinajstić information content (AvgIpc) is 2.33. The van der Waals surface area contributed by atoms with Gasteiger partial charge in [0.1, 0.15) is 5.54 Å². The zero-order valence-electron chi connectivity index (χ0n) is 10.7.